The average molecular weight is 342 g/mol. The van der Waals surface area contributed by atoms with Gasteiger partial charge in [0.25, 0.3) is 10.2 Å². The number of piperidine rings is 1. The molecule has 0 amide bonds. The van der Waals surface area contributed by atoms with Crippen molar-refractivity contribution in [2.45, 2.75) is 12.8 Å². The molecule has 0 saturated carbocycles. The Morgan fingerprint density at radius 3 is 2.48 bits per heavy atom. The Morgan fingerprint density at radius 2 is 1.91 bits per heavy atom. The van der Waals surface area contributed by atoms with Gasteiger partial charge < -0.3 is 9.84 Å². The van der Waals surface area contributed by atoms with Gasteiger partial charge in [0.15, 0.2) is 0 Å². The van der Waals surface area contributed by atoms with Crippen LogP contribution in [0.4, 0.5) is 0 Å². The smallest absolute Gasteiger partial charge is 0.306 e. The highest BCUT2D eigenvalue weighted by Crippen LogP contribution is 2.21. The first-order valence-electron chi connectivity index (χ1n) is 7.53. The van der Waals surface area contributed by atoms with Crippen LogP contribution in [0.5, 0.6) is 5.75 Å². The molecule has 1 fully saturated rings. The molecule has 7 nitrogen and oxygen atoms in total. The summed E-state index contributed by atoms with van der Waals surface area (Å²) in [5, 5.41) is 8.97. The van der Waals surface area contributed by atoms with Crippen molar-refractivity contribution in [2.24, 2.45) is 5.92 Å². The van der Waals surface area contributed by atoms with Gasteiger partial charge in [-0.3, -0.25) is 4.79 Å². The van der Waals surface area contributed by atoms with Gasteiger partial charge in [-0.05, 0) is 25.0 Å². The summed E-state index contributed by atoms with van der Waals surface area (Å²) in [4.78, 5) is 10.9. The highest BCUT2D eigenvalue weighted by atomic mass is 32.2. The van der Waals surface area contributed by atoms with E-state index in [0.29, 0.717) is 18.6 Å². The summed E-state index contributed by atoms with van der Waals surface area (Å²) in [5.41, 5.74) is 0. The number of para-hydroxylation sites is 1. The van der Waals surface area contributed by atoms with Gasteiger partial charge in [-0.2, -0.15) is 17.0 Å². The molecule has 1 aliphatic rings. The van der Waals surface area contributed by atoms with Gasteiger partial charge in [-0.1, -0.05) is 18.2 Å². The molecule has 0 radical (unpaired) electrons. The van der Waals surface area contributed by atoms with Gasteiger partial charge >= 0.3 is 5.97 Å². The molecular formula is C15H22N2O5S. The second-order valence-electron chi connectivity index (χ2n) is 5.50. The largest absolute Gasteiger partial charge is 0.492 e. The quantitative estimate of drug-likeness (QED) is 0.800. The lowest BCUT2D eigenvalue weighted by atomic mass is 9.99. The zero-order chi connectivity index (χ0) is 16.9. The molecule has 1 aromatic carbocycles. The summed E-state index contributed by atoms with van der Waals surface area (Å²) in [6, 6.07) is 9.20. The topological polar surface area (TPSA) is 87.2 Å². The maximum Gasteiger partial charge on any atom is 0.306 e. The van der Waals surface area contributed by atoms with Crippen LogP contribution in [0.15, 0.2) is 30.3 Å². The molecule has 0 bridgehead atoms. The zero-order valence-electron chi connectivity index (χ0n) is 13.1. The van der Waals surface area contributed by atoms with E-state index in [1.165, 1.54) is 15.7 Å². The van der Waals surface area contributed by atoms with Gasteiger partial charge in [0.2, 0.25) is 0 Å². The van der Waals surface area contributed by atoms with Crippen LogP contribution in [0.25, 0.3) is 0 Å². The Morgan fingerprint density at radius 1 is 1.30 bits per heavy atom. The molecule has 23 heavy (non-hydrogen) atoms. The number of carboxylic acids is 1. The van der Waals surface area contributed by atoms with E-state index in [9.17, 15) is 13.2 Å². The van der Waals surface area contributed by atoms with Crippen LogP contribution in [0.3, 0.4) is 0 Å². The van der Waals surface area contributed by atoms with Crippen molar-refractivity contribution in [3.8, 4) is 5.75 Å². The van der Waals surface area contributed by atoms with Crippen molar-refractivity contribution in [2.75, 3.05) is 33.3 Å². The van der Waals surface area contributed by atoms with E-state index in [-0.39, 0.29) is 26.2 Å². The van der Waals surface area contributed by atoms with E-state index in [1.807, 2.05) is 30.3 Å². The monoisotopic (exact) mass is 342 g/mol. The van der Waals surface area contributed by atoms with Crippen molar-refractivity contribution in [1.29, 1.82) is 0 Å². The lowest BCUT2D eigenvalue weighted by Gasteiger charge is -2.32. The number of ether oxygens (including phenoxy) is 1. The Hall–Kier alpha value is -1.64. The predicted molar refractivity (Wildman–Crippen MR) is 85.4 cm³/mol. The van der Waals surface area contributed by atoms with Crippen molar-refractivity contribution in [1.82, 2.24) is 8.61 Å². The van der Waals surface area contributed by atoms with Crippen molar-refractivity contribution in [3.63, 3.8) is 0 Å². The summed E-state index contributed by atoms with van der Waals surface area (Å²) >= 11 is 0. The van der Waals surface area contributed by atoms with E-state index < -0.39 is 22.1 Å². The average Bonchev–Trinajstić information content (AvgIpc) is 2.55. The van der Waals surface area contributed by atoms with Gasteiger partial charge in [0.1, 0.15) is 12.4 Å². The molecule has 8 heteroatoms. The van der Waals surface area contributed by atoms with E-state index in [4.69, 9.17) is 9.84 Å². The lowest BCUT2D eigenvalue weighted by Crippen LogP contribution is -2.47. The molecule has 1 saturated heterocycles. The van der Waals surface area contributed by atoms with Crippen molar-refractivity contribution in [3.05, 3.63) is 30.3 Å². The van der Waals surface area contributed by atoms with Gasteiger partial charge in [0, 0.05) is 26.7 Å². The summed E-state index contributed by atoms with van der Waals surface area (Å²) in [5.74, 6) is -0.611. The minimum atomic E-state index is -3.57. The van der Waals surface area contributed by atoms with Crippen LogP contribution in [-0.4, -0.2) is 61.4 Å². The summed E-state index contributed by atoms with van der Waals surface area (Å²) in [7, 11) is -2.06. The number of aliphatic carboxylic acids is 1. The predicted octanol–water partition coefficient (Wildman–Crippen LogP) is 1.04. The standard InChI is InChI=1S/C15H22N2O5S/c1-16(11-12-22-14-5-3-2-4-6-14)23(20,21)17-9-7-13(8-10-17)15(18)19/h2-6,13H,7-12H2,1H3,(H,18,19). The number of nitrogens with zero attached hydrogens (tertiary/aromatic N) is 2. The molecule has 0 aromatic heterocycles. The highest BCUT2D eigenvalue weighted by Gasteiger charge is 2.33. The molecule has 0 atom stereocenters. The number of hydrogen-bond acceptors (Lipinski definition) is 4. The fourth-order valence-corrected chi connectivity index (χ4v) is 3.83. The molecule has 0 spiro atoms. The molecule has 0 aliphatic carbocycles. The number of rotatable bonds is 7. The van der Waals surface area contributed by atoms with Gasteiger partial charge in [0.05, 0.1) is 5.92 Å². The minimum absolute atomic E-state index is 0.232. The summed E-state index contributed by atoms with van der Waals surface area (Å²) in [6.07, 6.45) is 0.700. The van der Waals surface area contributed by atoms with E-state index in [0.717, 1.165) is 0 Å². The second-order valence-corrected chi connectivity index (χ2v) is 7.54. The summed E-state index contributed by atoms with van der Waals surface area (Å²) < 4.78 is 33.0. The van der Waals surface area contributed by atoms with Crippen molar-refractivity contribution >= 4 is 16.2 Å². The normalized spacial score (nSPS) is 17.3. The van der Waals surface area contributed by atoms with Crippen LogP contribution in [0, 0.1) is 5.92 Å². The first-order chi connectivity index (χ1) is 10.9. The third kappa shape index (κ3) is 4.66. The zero-order valence-corrected chi connectivity index (χ0v) is 13.9. The Labute approximate surface area is 136 Å². The number of hydrogen-bond donors (Lipinski definition) is 1. The Kier molecular flexibility index (Phi) is 5.97. The SMILES string of the molecule is CN(CCOc1ccccc1)S(=O)(=O)N1CCC(C(=O)O)CC1. The van der Waals surface area contributed by atoms with Gasteiger partial charge in [-0.25, -0.2) is 0 Å². The first-order valence-corrected chi connectivity index (χ1v) is 8.93. The van der Waals surface area contributed by atoms with Crippen LogP contribution in [0.2, 0.25) is 0 Å². The third-order valence-electron chi connectivity index (χ3n) is 3.94. The lowest BCUT2D eigenvalue weighted by molar-refractivity contribution is -0.142. The molecule has 2 rings (SSSR count). The second kappa shape index (κ2) is 7.76. The first kappa shape index (κ1) is 17.7. The van der Waals surface area contributed by atoms with Crippen molar-refractivity contribution < 1.29 is 23.1 Å². The maximum absolute atomic E-state index is 12.5. The van der Waals surface area contributed by atoms with Crippen LogP contribution >= 0.6 is 0 Å². The van der Waals surface area contributed by atoms with E-state index >= 15 is 0 Å². The van der Waals surface area contributed by atoms with Crippen LogP contribution < -0.4 is 4.74 Å². The highest BCUT2D eigenvalue weighted by molar-refractivity contribution is 7.86. The maximum atomic E-state index is 12.5. The van der Waals surface area contributed by atoms with Crippen LogP contribution in [0.1, 0.15) is 12.8 Å². The molecule has 1 aliphatic heterocycles. The molecule has 1 aromatic rings. The molecule has 0 unspecified atom stereocenters. The van der Waals surface area contributed by atoms with E-state index in [2.05, 4.69) is 0 Å². The fourth-order valence-electron chi connectivity index (χ4n) is 2.45. The fraction of sp³-hybridized carbons (Fsp3) is 0.533. The number of likely N-dealkylation sites (N-methyl/N-ethyl adjacent to an activating group) is 1. The molecule has 128 valence electrons. The molecular weight excluding hydrogens is 320 g/mol. The third-order valence-corrected chi connectivity index (χ3v) is 5.93. The number of benzene rings is 1. The summed E-state index contributed by atoms with van der Waals surface area (Å²) in [6.45, 7) is 0.966. The number of carbonyl (C=O) groups is 1. The number of carboxylic acid groups (broad SMARTS) is 1. The van der Waals surface area contributed by atoms with Gasteiger partial charge in [-0.15, -0.1) is 0 Å². The van der Waals surface area contributed by atoms with Crippen LogP contribution in [-0.2, 0) is 15.0 Å². The Bertz CT molecular complexity index is 612. The molecule has 1 N–H and O–H groups in total. The minimum Gasteiger partial charge on any atom is -0.492 e. The van der Waals surface area contributed by atoms with E-state index in [1.54, 1.807) is 0 Å². The molecule has 1 heterocycles. The Balaban J connectivity index is 1.83.